The minimum absolute atomic E-state index is 0.395. The summed E-state index contributed by atoms with van der Waals surface area (Å²) in [4.78, 5) is 14.8. The fourth-order valence-electron chi connectivity index (χ4n) is 1.10. The lowest BCUT2D eigenvalue weighted by Gasteiger charge is -1.99. The summed E-state index contributed by atoms with van der Waals surface area (Å²) < 4.78 is 5.38. The number of thioether (sulfide) groups is 1. The van der Waals surface area contributed by atoms with Crippen molar-refractivity contribution in [2.45, 2.75) is 17.4 Å². The number of aromatic nitrogens is 1. The first-order valence-electron chi connectivity index (χ1n) is 4.42. The number of benzene rings is 1. The Morgan fingerprint density at radius 1 is 1.53 bits per heavy atom. The summed E-state index contributed by atoms with van der Waals surface area (Å²) >= 11 is 1.10. The molecule has 0 fully saturated rings. The van der Waals surface area contributed by atoms with Crippen molar-refractivity contribution in [3.05, 3.63) is 24.3 Å². The molecule has 5 heteroatoms. The van der Waals surface area contributed by atoms with Gasteiger partial charge in [0.15, 0.2) is 5.58 Å². The van der Waals surface area contributed by atoms with E-state index in [9.17, 15) is 4.79 Å². The molecular weight excluding hydrogens is 214 g/mol. The largest absolute Gasteiger partial charge is 0.480 e. The molecule has 0 amide bonds. The molecule has 2 aromatic rings. The Hall–Kier alpha value is -1.49. The lowest BCUT2D eigenvalue weighted by Crippen LogP contribution is -2.10. The van der Waals surface area contributed by atoms with E-state index in [0.29, 0.717) is 10.8 Å². The van der Waals surface area contributed by atoms with Crippen molar-refractivity contribution < 1.29 is 14.3 Å². The number of rotatable bonds is 3. The molecule has 0 saturated carbocycles. The first-order chi connectivity index (χ1) is 7.16. The summed E-state index contributed by atoms with van der Waals surface area (Å²) in [6.07, 6.45) is 0. The van der Waals surface area contributed by atoms with Gasteiger partial charge in [0.1, 0.15) is 10.8 Å². The molecule has 78 valence electrons. The maximum atomic E-state index is 10.6. The third-order valence-corrected chi connectivity index (χ3v) is 2.83. The lowest BCUT2D eigenvalue weighted by molar-refractivity contribution is -0.136. The first kappa shape index (κ1) is 10.0. The summed E-state index contributed by atoms with van der Waals surface area (Å²) in [6, 6.07) is 7.34. The number of carboxylic acids is 1. The van der Waals surface area contributed by atoms with Gasteiger partial charge in [-0.05, 0) is 19.1 Å². The average Bonchev–Trinajstić information content (AvgIpc) is 2.59. The zero-order chi connectivity index (χ0) is 10.8. The molecule has 0 aliphatic carbocycles. The van der Waals surface area contributed by atoms with Crippen LogP contribution in [0.2, 0.25) is 0 Å². The second kappa shape index (κ2) is 3.94. The Labute approximate surface area is 90.3 Å². The highest BCUT2D eigenvalue weighted by Crippen LogP contribution is 2.26. The molecule has 0 radical (unpaired) electrons. The number of hydrogen-bond acceptors (Lipinski definition) is 4. The van der Waals surface area contributed by atoms with Crippen molar-refractivity contribution in [3.63, 3.8) is 0 Å². The molecule has 0 aliphatic rings. The Bertz CT molecular complexity index is 461. The maximum absolute atomic E-state index is 10.6. The fourth-order valence-corrected chi connectivity index (χ4v) is 1.80. The van der Waals surface area contributed by atoms with Gasteiger partial charge in [0.2, 0.25) is 0 Å². The number of nitrogens with zero attached hydrogens (tertiary/aromatic N) is 1. The van der Waals surface area contributed by atoms with Crippen LogP contribution in [0, 0.1) is 0 Å². The second-order valence-corrected chi connectivity index (χ2v) is 4.34. The quantitative estimate of drug-likeness (QED) is 0.809. The molecule has 0 spiro atoms. The van der Waals surface area contributed by atoms with Crippen molar-refractivity contribution in [3.8, 4) is 0 Å². The Morgan fingerprint density at radius 3 is 2.93 bits per heavy atom. The van der Waals surface area contributed by atoms with Gasteiger partial charge in [-0.15, -0.1) is 0 Å². The minimum Gasteiger partial charge on any atom is -0.480 e. The third kappa shape index (κ3) is 2.12. The third-order valence-electron chi connectivity index (χ3n) is 1.90. The van der Waals surface area contributed by atoms with E-state index in [4.69, 9.17) is 9.52 Å². The number of aliphatic carboxylic acids is 1. The van der Waals surface area contributed by atoms with E-state index in [1.165, 1.54) is 0 Å². The minimum atomic E-state index is -0.873. The van der Waals surface area contributed by atoms with E-state index in [-0.39, 0.29) is 0 Å². The van der Waals surface area contributed by atoms with E-state index in [1.54, 1.807) is 13.0 Å². The fraction of sp³-hybridized carbons (Fsp3) is 0.200. The van der Waals surface area contributed by atoms with E-state index >= 15 is 0 Å². The van der Waals surface area contributed by atoms with Crippen molar-refractivity contribution in [1.29, 1.82) is 0 Å². The Kier molecular flexibility index (Phi) is 2.64. The monoisotopic (exact) mass is 223 g/mol. The summed E-state index contributed by atoms with van der Waals surface area (Å²) in [5.74, 6) is -0.873. The highest BCUT2D eigenvalue weighted by molar-refractivity contribution is 8.00. The average molecular weight is 223 g/mol. The summed E-state index contributed by atoms with van der Waals surface area (Å²) in [5, 5.41) is 8.57. The number of hydrogen-bond donors (Lipinski definition) is 1. The highest BCUT2D eigenvalue weighted by atomic mass is 32.2. The van der Waals surface area contributed by atoms with E-state index < -0.39 is 11.2 Å². The van der Waals surface area contributed by atoms with Crippen LogP contribution in [-0.2, 0) is 4.79 Å². The van der Waals surface area contributed by atoms with Crippen LogP contribution in [0.15, 0.2) is 33.9 Å². The number of carbonyl (C=O) groups is 1. The number of carboxylic acid groups (broad SMARTS) is 1. The first-order valence-corrected chi connectivity index (χ1v) is 5.30. The molecule has 0 unspecified atom stereocenters. The van der Waals surface area contributed by atoms with E-state index in [1.807, 2.05) is 18.2 Å². The van der Waals surface area contributed by atoms with Gasteiger partial charge >= 0.3 is 5.97 Å². The number of oxazole rings is 1. The van der Waals surface area contributed by atoms with Crippen LogP contribution >= 0.6 is 11.8 Å². The van der Waals surface area contributed by atoms with Gasteiger partial charge in [-0.2, -0.15) is 0 Å². The van der Waals surface area contributed by atoms with Gasteiger partial charge in [-0.1, -0.05) is 23.9 Å². The molecule has 4 nitrogen and oxygen atoms in total. The van der Waals surface area contributed by atoms with Crippen LogP contribution in [0.4, 0.5) is 0 Å². The predicted molar refractivity (Wildman–Crippen MR) is 57.0 cm³/mol. The summed E-state index contributed by atoms with van der Waals surface area (Å²) in [5.41, 5.74) is 1.43. The zero-order valence-electron chi connectivity index (χ0n) is 8.01. The molecular formula is C10H9NO3S. The van der Waals surface area contributed by atoms with Gasteiger partial charge in [0.05, 0.1) is 0 Å². The lowest BCUT2D eigenvalue weighted by atomic mass is 10.3. The Balaban J connectivity index is 2.26. The molecule has 15 heavy (non-hydrogen) atoms. The van der Waals surface area contributed by atoms with Crippen LogP contribution in [0.25, 0.3) is 11.1 Å². The maximum Gasteiger partial charge on any atom is 0.316 e. The van der Waals surface area contributed by atoms with Crippen molar-refractivity contribution in [2.24, 2.45) is 0 Å². The molecule has 2 rings (SSSR count). The normalized spacial score (nSPS) is 12.9. The second-order valence-electron chi connectivity index (χ2n) is 3.05. The predicted octanol–water partition coefficient (Wildman–Crippen LogP) is 2.39. The molecule has 0 saturated heterocycles. The molecule has 1 heterocycles. The van der Waals surface area contributed by atoms with Crippen LogP contribution in [0.3, 0.4) is 0 Å². The molecule has 1 aromatic heterocycles. The SMILES string of the molecule is C[C@H](Sc1nc2ccccc2o1)C(=O)O. The van der Waals surface area contributed by atoms with Gasteiger partial charge in [0.25, 0.3) is 5.22 Å². The molecule has 1 N–H and O–H groups in total. The smallest absolute Gasteiger partial charge is 0.316 e. The van der Waals surface area contributed by atoms with Gasteiger partial charge < -0.3 is 9.52 Å². The van der Waals surface area contributed by atoms with E-state index in [0.717, 1.165) is 17.3 Å². The number of para-hydroxylation sites is 2. The molecule has 0 aliphatic heterocycles. The van der Waals surface area contributed by atoms with E-state index in [2.05, 4.69) is 4.98 Å². The van der Waals surface area contributed by atoms with Gasteiger partial charge in [0, 0.05) is 0 Å². The van der Waals surface area contributed by atoms with Crippen LogP contribution < -0.4 is 0 Å². The van der Waals surface area contributed by atoms with Crippen LogP contribution in [0.5, 0.6) is 0 Å². The molecule has 0 bridgehead atoms. The summed E-state index contributed by atoms with van der Waals surface area (Å²) in [7, 11) is 0. The topological polar surface area (TPSA) is 63.3 Å². The van der Waals surface area contributed by atoms with Gasteiger partial charge in [-0.25, -0.2) is 4.98 Å². The molecule has 1 aromatic carbocycles. The molecule has 1 atom stereocenters. The Morgan fingerprint density at radius 2 is 2.27 bits per heavy atom. The highest BCUT2D eigenvalue weighted by Gasteiger charge is 2.16. The van der Waals surface area contributed by atoms with Crippen molar-refractivity contribution in [1.82, 2.24) is 4.98 Å². The van der Waals surface area contributed by atoms with Gasteiger partial charge in [-0.3, -0.25) is 4.79 Å². The van der Waals surface area contributed by atoms with Crippen LogP contribution in [-0.4, -0.2) is 21.3 Å². The van der Waals surface area contributed by atoms with Crippen molar-refractivity contribution >= 4 is 28.8 Å². The van der Waals surface area contributed by atoms with Crippen molar-refractivity contribution in [2.75, 3.05) is 0 Å². The zero-order valence-corrected chi connectivity index (χ0v) is 8.82. The standard InChI is InChI=1S/C10H9NO3S/c1-6(9(12)13)15-10-11-7-4-2-3-5-8(7)14-10/h2-6H,1H3,(H,12,13)/t6-/m0/s1. The summed E-state index contributed by atoms with van der Waals surface area (Å²) in [6.45, 7) is 1.60. The van der Waals surface area contributed by atoms with Crippen LogP contribution in [0.1, 0.15) is 6.92 Å². The number of fused-ring (bicyclic) bond motifs is 1.